The Bertz CT molecular complexity index is 1050. The number of nitro benzene ring substituents is 1. The predicted molar refractivity (Wildman–Crippen MR) is 113 cm³/mol. The van der Waals surface area contributed by atoms with Crippen molar-refractivity contribution in [3.05, 3.63) is 69.8 Å². The number of hydrogen-bond acceptors (Lipinski definition) is 7. The number of nitrogens with one attached hydrogen (secondary N) is 1. The van der Waals surface area contributed by atoms with E-state index in [2.05, 4.69) is 5.32 Å². The van der Waals surface area contributed by atoms with Gasteiger partial charge in [-0.15, -0.1) is 0 Å². The van der Waals surface area contributed by atoms with Gasteiger partial charge in [0.05, 0.1) is 16.1 Å². The van der Waals surface area contributed by atoms with Gasteiger partial charge in [0.2, 0.25) is 0 Å². The van der Waals surface area contributed by atoms with Gasteiger partial charge in [-0.05, 0) is 24.6 Å². The molecule has 1 atom stereocenters. The minimum atomic E-state index is -1.16. The molecule has 0 saturated carbocycles. The fraction of sp³-hybridized carbons (Fsp3) is 0.273. The number of non-ortho nitro benzene ring substituents is 1. The largest absolute Gasteiger partial charge is 0.454 e. The van der Waals surface area contributed by atoms with E-state index in [0.29, 0.717) is 6.42 Å². The Morgan fingerprint density at radius 2 is 1.75 bits per heavy atom. The highest BCUT2D eigenvalue weighted by Crippen LogP contribution is 2.27. The molecule has 0 fully saturated rings. The fourth-order valence-corrected chi connectivity index (χ4v) is 3.37. The number of anilines is 1. The maximum absolute atomic E-state index is 12.7. The maximum atomic E-state index is 12.7. The van der Waals surface area contributed by atoms with Crippen molar-refractivity contribution in [2.75, 3.05) is 11.9 Å². The predicted octanol–water partition coefficient (Wildman–Crippen LogP) is 2.93. The molecule has 0 unspecified atom stereocenters. The molecule has 10 nitrogen and oxygen atoms in total. The van der Waals surface area contributed by atoms with Crippen molar-refractivity contribution < 1.29 is 28.8 Å². The third-order valence-corrected chi connectivity index (χ3v) is 4.93. The van der Waals surface area contributed by atoms with Crippen molar-refractivity contribution in [2.24, 2.45) is 0 Å². The van der Waals surface area contributed by atoms with Crippen LogP contribution in [-0.2, 0) is 14.3 Å². The number of fused-ring (bicyclic) bond motifs is 1. The van der Waals surface area contributed by atoms with Gasteiger partial charge in [-0.3, -0.25) is 29.4 Å². The first-order chi connectivity index (χ1) is 15.3. The number of nitro groups is 1. The lowest BCUT2D eigenvalue weighted by Gasteiger charge is -2.24. The van der Waals surface area contributed by atoms with Crippen LogP contribution in [0.25, 0.3) is 0 Å². The average Bonchev–Trinajstić information content (AvgIpc) is 3.03. The second-order valence-corrected chi connectivity index (χ2v) is 7.15. The standard InChI is InChI=1S/C22H21N3O7/c1-2-3-11-18(24-20(27)16-9-4-5-10-17(16)21(24)28)22(29)32-13-19(26)23-14-7-6-8-15(12-14)25(30)31/h4-10,12,18H,2-3,11,13H2,1H3,(H,23,26)/t18-/m1/s1. The van der Waals surface area contributed by atoms with Gasteiger partial charge in [0.15, 0.2) is 6.61 Å². The molecule has 32 heavy (non-hydrogen) atoms. The monoisotopic (exact) mass is 439 g/mol. The first-order valence-electron chi connectivity index (χ1n) is 10.0. The number of amides is 3. The van der Waals surface area contributed by atoms with Crippen molar-refractivity contribution in [3.63, 3.8) is 0 Å². The number of rotatable bonds is 9. The van der Waals surface area contributed by atoms with Gasteiger partial charge in [0.25, 0.3) is 23.4 Å². The number of hydrogen-bond donors (Lipinski definition) is 1. The average molecular weight is 439 g/mol. The van der Waals surface area contributed by atoms with Crippen molar-refractivity contribution in [1.29, 1.82) is 0 Å². The molecule has 2 aromatic carbocycles. The number of unbranched alkanes of at least 4 members (excludes halogenated alkanes) is 1. The van der Waals surface area contributed by atoms with Gasteiger partial charge < -0.3 is 10.1 Å². The molecule has 0 spiro atoms. The van der Waals surface area contributed by atoms with Crippen LogP contribution < -0.4 is 5.32 Å². The van der Waals surface area contributed by atoms with Gasteiger partial charge in [-0.1, -0.05) is 38.0 Å². The summed E-state index contributed by atoms with van der Waals surface area (Å²) in [7, 11) is 0. The van der Waals surface area contributed by atoms with E-state index in [4.69, 9.17) is 4.74 Å². The zero-order valence-electron chi connectivity index (χ0n) is 17.3. The topological polar surface area (TPSA) is 136 Å². The van der Waals surface area contributed by atoms with E-state index in [-0.39, 0.29) is 28.9 Å². The molecular weight excluding hydrogens is 418 g/mol. The van der Waals surface area contributed by atoms with Gasteiger partial charge in [-0.2, -0.15) is 0 Å². The number of nitrogens with zero attached hydrogens (tertiary/aromatic N) is 2. The molecule has 0 aliphatic carbocycles. The summed E-state index contributed by atoms with van der Waals surface area (Å²) in [6.07, 6.45) is 1.49. The molecule has 1 aliphatic heterocycles. The normalized spacial score (nSPS) is 13.5. The molecule has 0 radical (unpaired) electrons. The van der Waals surface area contributed by atoms with Crippen LogP contribution in [0.3, 0.4) is 0 Å². The van der Waals surface area contributed by atoms with E-state index in [9.17, 15) is 29.3 Å². The van der Waals surface area contributed by atoms with Crippen molar-refractivity contribution in [2.45, 2.75) is 32.2 Å². The minimum Gasteiger partial charge on any atom is -0.454 e. The number of imide groups is 1. The molecule has 0 bridgehead atoms. The van der Waals surface area contributed by atoms with E-state index in [0.717, 1.165) is 11.3 Å². The number of benzene rings is 2. The summed E-state index contributed by atoms with van der Waals surface area (Å²) in [5.74, 6) is -2.74. The summed E-state index contributed by atoms with van der Waals surface area (Å²) in [5, 5.41) is 13.2. The number of esters is 1. The highest BCUT2D eigenvalue weighted by atomic mass is 16.6. The van der Waals surface area contributed by atoms with E-state index in [1.165, 1.54) is 36.4 Å². The van der Waals surface area contributed by atoms with Crippen LogP contribution in [0.4, 0.5) is 11.4 Å². The molecule has 3 rings (SSSR count). The summed E-state index contributed by atoms with van der Waals surface area (Å²) in [6, 6.07) is 10.4. The van der Waals surface area contributed by atoms with Gasteiger partial charge in [0, 0.05) is 17.8 Å². The molecular formula is C22H21N3O7. The minimum absolute atomic E-state index is 0.170. The van der Waals surface area contributed by atoms with Crippen LogP contribution in [0.1, 0.15) is 46.9 Å². The van der Waals surface area contributed by atoms with Crippen molar-refractivity contribution in [1.82, 2.24) is 4.90 Å². The van der Waals surface area contributed by atoms with E-state index in [1.807, 2.05) is 6.92 Å². The molecule has 0 aromatic heterocycles. The molecule has 166 valence electrons. The van der Waals surface area contributed by atoms with Crippen LogP contribution in [0.15, 0.2) is 48.5 Å². The Morgan fingerprint density at radius 3 is 2.34 bits per heavy atom. The Labute approximate surface area is 183 Å². The lowest BCUT2D eigenvalue weighted by molar-refractivity contribution is -0.384. The number of ether oxygens (including phenoxy) is 1. The van der Waals surface area contributed by atoms with Crippen molar-refractivity contribution in [3.8, 4) is 0 Å². The summed E-state index contributed by atoms with van der Waals surface area (Å²) in [5.41, 5.74) is 0.401. The molecule has 1 N–H and O–H groups in total. The second-order valence-electron chi connectivity index (χ2n) is 7.15. The van der Waals surface area contributed by atoms with Crippen LogP contribution in [0.5, 0.6) is 0 Å². The first-order valence-corrected chi connectivity index (χ1v) is 10.0. The molecule has 0 saturated heterocycles. The highest BCUT2D eigenvalue weighted by molar-refractivity contribution is 6.22. The van der Waals surface area contributed by atoms with E-state index >= 15 is 0 Å². The zero-order valence-corrected chi connectivity index (χ0v) is 17.3. The number of carbonyl (C=O) groups is 4. The lowest BCUT2D eigenvalue weighted by atomic mass is 10.1. The Morgan fingerprint density at radius 1 is 1.09 bits per heavy atom. The van der Waals surface area contributed by atoms with E-state index in [1.54, 1.807) is 12.1 Å². The molecule has 3 amide bonds. The van der Waals surface area contributed by atoms with Gasteiger partial charge in [-0.25, -0.2) is 4.79 Å². The number of carbonyl (C=O) groups excluding carboxylic acids is 4. The summed E-state index contributed by atoms with van der Waals surface area (Å²) < 4.78 is 5.09. The third-order valence-electron chi connectivity index (χ3n) is 4.93. The fourth-order valence-electron chi connectivity index (χ4n) is 3.37. The van der Waals surface area contributed by atoms with Gasteiger partial charge >= 0.3 is 5.97 Å². The smallest absolute Gasteiger partial charge is 0.329 e. The highest BCUT2D eigenvalue weighted by Gasteiger charge is 2.43. The quantitative estimate of drug-likeness (QED) is 0.275. The third kappa shape index (κ3) is 4.80. The lowest BCUT2D eigenvalue weighted by Crippen LogP contribution is -2.46. The summed E-state index contributed by atoms with van der Waals surface area (Å²) >= 11 is 0. The molecule has 1 heterocycles. The Kier molecular flexibility index (Phi) is 6.93. The second kappa shape index (κ2) is 9.82. The maximum Gasteiger partial charge on any atom is 0.329 e. The molecule has 2 aromatic rings. The summed E-state index contributed by atoms with van der Waals surface area (Å²) in [4.78, 5) is 61.5. The Balaban J connectivity index is 1.67. The molecule has 1 aliphatic rings. The van der Waals surface area contributed by atoms with Gasteiger partial charge in [0.1, 0.15) is 6.04 Å². The Hall–Kier alpha value is -4.08. The first kappa shape index (κ1) is 22.6. The van der Waals surface area contributed by atoms with Crippen LogP contribution in [0.2, 0.25) is 0 Å². The van der Waals surface area contributed by atoms with Crippen LogP contribution in [0, 0.1) is 10.1 Å². The van der Waals surface area contributed by atoms with Crippen LogP contribution in [-0.4, -0.2) is 46.2 Å². The van der Waals surface area contributed by atoms with E-state index < -0.39 is 41.3 Å². The zero-order chi connectivity index (χ0) is 23.3. The van der Waals surface area contributed by atoms with Crippen LogP contribution >= 0.6 is 0 Å². The SMILES string of the molecule is CCCC[C@H](C(=O)OCC(=O)Nc1cccc([N+](=O)[O-])c1)N1C(=O)c2ccccc2C1=O. The van der Waals surface area contributed by atoms with Crippen molar-refractivity contribution >= 4 is 35.1 Å². The molecule has 10 heteroatoms. The summed E-state index contributed by atoms with van der Waals surface area (Å²) in [6.45, 7) is 1.23.